The molecule has 0 aromatic carbocycles. The molecule has 0 saturated carbocycles. The molecule has 0 bridgehead atoms. The molecule has 1 N–H and O–H groups in total. The molecule has 1 saturated heterocycles. The second-order valence-electron chi connectivity index (χ2n) is 4.69. The van der Waals surface area contributed by atoms with Crippen molar-refractivity contribution in [1.29, 1.82) is 0 Å². The van der Waals surface area contributed by atoms with Crippen LogP contribution in [0, 0.1) is 0 Å². The number of aromatic nitrogens is 3. The van der Waals surface area contributed by atoms with E-state index >= 15 is 0 Å². The molecule has 2 rings (SSSR count). The fraction of sp³-hybridized carbons (Fsp3) is 0.769. The first-order valence-corrected chi connectivity index (χ1v) is 7.30. The number of hydrogen-bond donors (Lipinski definition) is 1. The lowest BCUT2D eigenvalue weighted by Gasteiger charge is -2.28. The zero-order valence-corrected chi connectivity index (χ0v) is 12.6. The maximum absolute atomic E-state index is 5.38. The summed E-state index contributed by atoms with van der Waals surface area (Å²) < 4.78 is 5.38. The van der Waals surface area contributed by atoms with E-state index in [1.165, 1.54) is 0 Å². The van der Waals surface area contributed by atoms with Gasteiger partial charge in [-0.1, -0.05) is 6.92 Å². The number of morpholine rings is 1. The Labute approximate surface area is 120 Å². The van der Waals surface area contributed by atoms with Crippen LogP contribution in [0.1, 0.15) is 20.3 Å². The Hall–Kier alpha value is -1.63. The first-order chi connectivity index (χ1) is 9.78. The second kappa shape index (κ2) is 7.23. The highest BCUT2D eigenvalue weighted by atomic mass is 16.5. The van der Waals surface area contributed by atoms with Gasteiger partial charge in [0.25, 0.3) is 0 Å². The lowest BCUT2D eigenvalue weighted by Crippen LogP contribution is -2.38. The maximum Gasteiger partial charge on any atom is 0.232 e. The van der Waals surface area contributed by atoms with Crippen LogP contribution in [-0.2, 0) is 4.74 Å². The third-order valence-corrected chi connectivity index (χ3v) is 3.29. The van der Waals surface area contributed by atoms with Gasteiger partial charge in [0.1, 0.15) is 0 Å². The zero-order valence-electron chi connectivity index (χ0n) is 12.6. The minimum atomic E-state index is 0.617. The molecule has 1 aliphatic rings. The van der Waals surface area contributed by atoms with Crippen molar-refractivity contribution in [2.75, 3.05) is 61.6 Å². The van der Waals surface area contributed by atoms with Gasteiger partial charge in [-0.2, -0.15) is 15.0 Å². The van der Waals surface area contributed by atoms with Crippen molar-refractivity contribution < 1.29 is 4.74 Å². The number of hydrogen-bond acceptors (Lipinski definition) is 7. The average Bonchev–Trinajstić information content (AvgIpc) is 2.53. The fourth-order valence-electron chi connectivity index (χ4n) is 2.18. The van der Waals surface area contributed by atoms with E-state index in [1.54, 1.807) is 0 Å². The largest absolute Gasteiger partial charge is 0.378 e. The van der Waals surface area contributed by atoms with Gasteiger partial charge in [0, 0.05) is 33.2 Å². The van der Waals surface area contributed by atoms with E-state index in [0.29, 0.717) is 5.95 Å². The minimum absolute atomic E-state index is 0.617. The Bertz CT molecular complexity index is 398. The Morgan fingerprint density at radius 2 is 1.95 bits per heavy atom. The van der Waals surface area contributed by atoms with Gasteiger partial charge in [0.05, 0.1) is 13.2 Å². The normalized spacial score (nSPS) is 15.2. The first kappa shape index (κ1) is 14.8. The molecule has 1 fully saturated rings. The van der Waals surface area contributed by atoms with Crippen molar-refractivity contribution >= 4 is 17.8 Å². The van der Waals surface area contributed by atoms with Gasteiger partial charge in [0.15, 0.2) is 0 Å². The Kier molecular flexibility index (Phi) is 5.34. The standard InChI is InChI=1S/C13H24N6O/c1-4-6-18(5-2)12-15-11(14-3)16-13(17-12)19-7-9-20-10-8-19/h4-10H2,1-3H3,(H,14,15,16,17). The Morgan fingerprint density at radius 1 is 1.20 bits per heavy atom. The molecule has 7 nitrogen and oxygen atoms in total. The van der Waals surface area contributed by atoms with Crippen LogP contribution in [0.15, 0.2) is 0 Å². The van der Waals surface area contributed by atoms with Crippen molar-refractivity contribution in [3.63, 3.8) is 0 Å². The van der Waals surface area contributed by atoms with E-state index in [1.807, 2.05) is 7.05 Å². The summed E-state index contributed by atoms with van der Waals surface area (Å²) in [4.78, 5) is 17.9. The third kappa shape index (κ3) is 3.47. The SMILES string of the molecule is CCCN(CC)c1nc(NC)nc(N2CCOCC2)n1. The molecule has 1 aliphatic heterocycles. The van der Waals surface area contributed by atoms with Gasteiger partial charge in [-0.15, -0.1) is 0 Å². The minimum Gasteiger partial charge on any atom is -0.378 e. The van der Waals surface area contributed by atoms with Gasteiger partial charge in [-0.25, -0.2) is 0 Å². The van der Waals surface area contributed by atoms with Crippen LogP contribution >= 0.6 is 0 Å². The molecule has 1 aromatic heterocycles. The molecule has 0 radical (unpaired) electrons. The second-order valence-corrected chi connectivity index (χ2v) is 4.69. The summed E-state index contributed by atoms with van der Waals surface area (Å²) in [6.45, 7) is 9.22. The summed E-state index contributed by atoms with van der Waals surface area (Å²) in [5, 5.41) is 3.02. The number of anilines is 3. The molecule has 20 heavy (non-hydrogen) atoms. The Balaban J connectivity index is 2.27. The number of nitrogens with zero attached hydrogens (tertiary/aromatic N) is 5. The molecular formula is C13H24N6O. The molecule has 112 valence electrons. The first-order valence-electron chi connectivity index (χ1n) is 7.30. The number of rotatable bonds is 6. The van der Waals surface area contributed by atoms with Crippen LogP contribution in [0.25, 0.3) is 0 Å². The van der Waals surface area contributed by atoms with Crippen LogP contribution in [0.3, 0.4) is 0 Å². The van der Waals surface area contributed by atoms with Crippen molar-refractivity contribution in [3.8, 4) is 0 Å². The molecule has 0 aliphatic carbocycles. The highest BCUT2D eigenvalue weighted by Gasteiger charge is 2.18. The van der Waals surface area contributed by atoms with Gasteiger partial charge >= 0.3 is 0 Å². The summed E-state index contributed by atoms with van der Waals surface area (Å²) in [5.74, 6) is 2.10. The molecular weight excluding hydrogens is 256 g/mol. The molecule has 0 spiro atoms. The van der Waals surface area contributed by atoms with E-state index < -0.39 is 0 Å². The summed E-state index contributed by atoms with van der Waals surface area (Å²) in [6.07, 6.45) is 1.07. The lowest BCUT2D eigenvalue weighted by molar-refractivity contribution is 0.122. The smallest absolute Gasteiger partial charge is 0.232 e. The molecule has 2 heterocycles. The van der Waals surface area contributed by atoms with E-state index in [4.69, 9.17) is 4.74 Å². The molecule has 7 heteroatoms. The number of nitrogens with one attached hydrogen (secondary N) is 1. The fourth-order valence-corrected chi connectivity index (χ4v) is 2.18. The van der Waals surface area contributed by atoms with Crippen molar-refractivity contribution in [2.45, 2.75) is 20.3 Å². The van der Waals surface area contributed by atoms with Crippen molar-refractivity contribution in [2.24, 2.45) is 0 Å². The summed E-state index contributed by atoms with van der Waals surface area (Å²) in [5.41, 5.74) is 0. The summed E-state index contributed by atoms with van der Waals surface area (Å²) >= 11 is 0. The van der Waals surface area contributed by atoms with E-state index in [0.717, 1.165) is 57.7 Å². The van der Waals surface area contributed by atoms with Gasteiger partial charge in [0.2, 0.25) is 17.8 Å². The monoisotopic (exact) mass is 280 g/mol. The molecule has 0 atom stereocenters. The quantitative estimate of drug-likeness (QED) is 0.833. The van der Waals surface area contributed by atoms with Crippen LogP contribution < -0.4 is 15.1 Å². The highest BCUT2D eigenvalue weighted by Crippen LogP contribution is 2.17. The summed E-state index contributed by atoms with van der Waals surface area (Å²) in [7, 11) is 1.83. The van der Waals surface area contributed by atoms with Crippen LogP contribution in [0.4, 0.5) is 17.8 Å². The zero-order chi connectivity index (χ0) is 14.4. The number of ether oxygens (including phenoxy) is 1. The third-order valence-electron chi connectivity index (χ3n) is 3.29. The van der Waals surface area contributed by atoms with Gasteiger partial charge in [-0.3, -0.25) is 0 Å². The van der Waals surface area contributed by atoms with Crippen molar-refractivity contribution in [3.05, 3.63) is 0 Å². The topological polar surface area (TPSA) is 66.4 Å². The summed E-state index contributed by atoms with van der Waals surface area (Å²) in [6, 6.07) is 0. The predicted molar refractivity (Wildman–Crippen MR) is 80.6 cm³/mol. The van der Waals surface area contributed by atoms with Gasteiger partial charge < -0.3 is 19.9 Å². The average molecular weight is 280 g/mol. The lowest BCUT2D eigenvalue weighted by atomic mass is 10.4. The van der Waals surface area contributed by atoms with Crippen molar-refractivity contribution in [1.82, 2.24) is 15.0 Å². The molecule has 0 amide bonds. The molecule has 1 aromatic rings. The van der Waals surface area contributed by atoms with E-state index in [-0.39, 0.29) is 0 Å². The highest BCUT2D eigenvalue weighted by molar-refractivity contribution is 5.45. The maximum atomic E-state index is 5.38. The van der Waals surface area contributed by atoms with E-state index in [2.05, 4.69) is 43.9 Å². The van der Waals surface area contributed by atoms with Crippen LogP contribution in [-0.4, -0.2) is 61.4 Å². The Morgan fingerprint density at radius 3 is 2.55 bits per heavy atom. The molecule has 0 unspecified atom stereocenters. The van der Waals surface area contributed by atoms with Crippen LogP contribution in [0.5, 0.6) is 0 Å². The van der Waals surface area contributed by atoms with Crippen LogP contribution in [0.2, 0.25) is 0 Å². The predicted octanol–water partition coefficient (Wildman–Crippen LogP) is 0.986. The van der Waals surface area contributed by atoms with E-state index in [9.17, 15) is 0 Å². The van der Waals surface area contributed by atoms with Gasteiger partial charge in [-0.05, 0) is 13.3 Å².